The Labute approximate surface area is 447 Å². The van der Waals surface area contributed by atoms with Crippen LogP contribution in [0, 0.1) is 23.7 Å². The van der Waals surface area contributed by atoms with Gasteiger partial charge in [0.15, 0.2) is 0 Å². The third kappa shape index (κ3) is 11.8. The van der Waals surface area contributed by atoms with Crippen LogP contribution in [0.1, 0.15) is 121 Å². The van der Waals surface area contributed by atoms with Gasteiger partial charge in [-0.3, -0.25) is 53.0 Å². The van der Waals surface area contributed by atoms with E-state index in [1.54, 1.807) is 19.2 Å². The Bertz CT molecular complexity index is 3050. The van der Waals surface area contributed by atoms with Gasteiger partial charge in [-0.25, -0.2) is 0 Å². The molecular weight excluding hydrogens is 1040 g/mol. The van der Waals surface area contributed by atoms with Crippen molar-refractivity contribution in [2.75, 3.05) is 33.2 Å². The fraction of sp³-hybridized carbons (Fsp3) is 0.528. The number of aromatic amines is 1. The van der Waals surface area contributed by atoms with Crippen molar-refractivity contribution in [1.29, 1.82) is 0 Å². The number of hydrogen-bond donors (Lipinski definition) is 8. The van der Waals surface area contributed by atoms with E-state index in [2.05, 4.69) is 38.1 Å². The van der Waals surface area contributed by atoms with Crippen molar-refractivity contribution >= 4 is 71.7 Å². The topological polar surface area (TPSA) is 314 Å². The molecule has 1 saturated carbocycles. The molecule has 9 rings (SSSR count). The van der Waals surface area contributed by atoms with Crippen LogP contribution < -0.4 is 27.0 Å². The van der Waals surface area contributed by atoms with Gasteiger partial charge in [0.05, 0.1) is 0 Å². The average molecular weight is 1100 g/mol. The van der Waals surface area contributed by atoms with Crippen LogP contribution in [-0.2, 0) is 50.3 Å². The molecule has 78 heavy (non-hydrogen) atoms. The minimum absolute atomic E-state index is 0.0194. The van der Waals surface area contributed by atoms with Crippen LogP contribution >= 0.6 is 7.60 Å². The molecule has 6 aliphatic rings. The minimum atomic E-state index is -5.86. The summed E-state index contributed by atoms with van der Waals surface area (Å²) in [6.07, 6.45) is 4.64. The van der Waals surface area contributed by atoms with E-state index >= 15 is 0 Å². The maximum Gasteiger partial charge on any atom is 0.399 e. The number of hydrogen-bond acceptors (Lipinski definition) is 11. The summed E-state index contributed by atoms with van der Waals surface area (Å²) in [4.78, 5) is 147. The summed E-state index contributed by atoms with van der Waals surface area (Å²) < 4.78 is 40.5. The maximum atomic E-state index is 14.5. The first kappa shape index (κ1) is 55.7. The molecule has 1 aromatic heterocycles. The molecule has 416 valence electrons. The third-order valence-corrected chi connectivity index (χ3v) is 17.1. The Morgan fingerprint density at radius 1 is 0.910 bits per heavy atom. The summed E-state index contributed by atoms with van der Waals surface area (Å²) in [6.45, 7) is 1.82. The zero-order valence-electron chi connectivity index (χ0n) is 42.9. The molecule has 3 aromatic rings. The molecule has 4 saturated heterocycles. The third-order valence-electron chi connectivity index (χ3n) is 16.1. The van der Waals surface area contributed by atoms with Gasteiger partial charge in [-0.05, 0) is 120 Å². The molecule has 5 atom stereocenters. The number of alkyl halides is 2. The first-order valence-electron chi connectivity index (χ1n) is 26.4. The SMILES string of the molecule is CN1CC[C@H]2CC[C@@H](C(=O)N[C@@H](CCC(N)=O)C(=O)NC3CCC(C(=O)N4CCC(C#Cc5cccc6c5CN(C5CCC(=O)NC5=O)C6=O)CC4)CC3)N2C(=O)[C@@H](NC(=O)c2cc3cc(C(F)(F)P(=O)(O)O)ccc3[nH]2)C1. The maximum absolute atomic E-state index is 14.5. The number of primary amides is 1. The number of nitrogens with two attached hydrogens (primary N) is 1. The van der Waals surface area contributed by atoms with Crippen LogP contribution in [0.2, 0.25) is 0 Å². The number of benzene rings is 2. The van der Waals surface area contributed by atoms with Crippen LogP contribution in [0.15, 0.2) is 42.5 Å². The molecular formula is C53H63F2N10O12P. The van der Waals surface area contributed by atoms with Crippen molar-refractivity contribution in [3.63, 3.8) is 0 Å². The number of nitrogens with one attached hydrogen (secondary N) is 5. The lowest BCUT2D eigenvalue weighted by molar-refractivity contribution is -0.144. The number of nitrogens with zero attached hydrogens (tertiary/aromatic N) is 4. The number of imide groups is 1. The van der Waals surface area contributed by atoms with Crippen molar-refractivity contribution in [2.24, 2.45) is 17.6 Å². The first-order valence-corrected chi connectivity index (χ1v) is 28.0. The van der Waals surface area contributed by atoms with Crippen molar-refractivity contribution in [2.45, 2.75) is 132 Å². The van der Waals surface area contributed by atoms with Crippen LogP contribution in [-0.4, -0.2) is 157 Å². The van der Waals surface area contributed by atoms with E-state index in [-0.39, 0.29) is 97.4 Å². The number of H-pyrrole nitrogens is 1. The van der Waals surface area contributed by atoms with E-state index in [1.165, 1.54) is 15.9 Å². The normalized spacial score (nSPS) is 24.8. The molecule has 0 bridgehead atoms. The lowest BCUT2D eigenvalue weighted by atomic mass is 9.84. The number of carbonyl (C=O) groups is 9. The second-order valence-electron chi connectivity index (χ2n) is 21.4. The van der Waals surface area contributed by atoms with Crippen LogP contribution in [0.3, 0.4) is 0 Å². The zero-order valence-corrected chi connectivity index (χ0v) is 43.8. The number of likely N-dealkylation sites (N-methyl/N-ethyl adjacent to an activating group) is 1. The molecule has 25 heteroatoms. The molecule has 1 aliphatic carbocycles. The number of halogens is 2. The number of amides is 9. The number of fused-ring (bicyclic) bond motifs is 3. The van der Waals surface area contributed by atoms with E-state index in [9.17, 15) is 66.3 Å². The van der Waals surface area contributed by atoms with E-state index in [4.69, 9.17) is 5.73 Å². The van der Waals surface area contributed by atoms with Crippen molar-refractivity contribution in [3.05, 3.63) is 70.4 Å². The van der Waals surface area contributed by atoms with E-state index in [0.29, 0.717) is 82.1 Å². The minimum Gasteiger partial charge on any atom is -0.370 e. The summed E-state index contributed by atoms with van der Waals surface area (Å²) in [5.41, 5.74) is 2.10. The molecule has 6 heterocycles. The highest BCUT2D eigenvalue weighted by Gasteiger charge is 2.51. The quantitative estimate of drug-likeness (QED) is 0.0687. The Morgan fingerprint density at radius 2 is 1.65 bits per heavy atom. The molecule has 0 radical (unpaired) electrons. The molecule has 5 fully saturated rings. The average Bonchev–Trinajstić information content (AvgIpc) is 4.23. The zero-order chi connectivity index (χ0) is 55.8. The van der Waals surface area contributed by atoms with Gasteiger partial charge in [0.2, 0.25) is 41.4 Å². The van der Waals surface area contributed by atoms with Gasteiger partial charge in [-0.1, -0.05) is 24.0 Å². The van der Waals surface area contributed by atoms with E-state index in [1.807, 2.05) is 15.9 Å². The van der Waals surface area contributed by atoms with Gasteiger partial charge < -0.3 is 56.1 Å². The number of likely N-dealkylation sites (tertiary alicyclic amines) is 1. The van der Waals surface area contributed by atoms with Gasteiger partial charge in [-0.2, -0.15) is 8.78 Å². The molecule has 0 spiro atoms. The number of piperidine rings is 2. The summed E-state index contributed by atoms with van der Waals surface area (Å²) in [6, 6.07) is 4.55. The highest BCUT2D eigenvalue weighted by Crippen LogP contribution is 2.59. The van der Waals surface area contributed by atoms with E-state index < -0.39 is 84.5 Å². The first-order chi connectivity index (χ1) is 37.1. The summed E-state index contributed by atoms with van der Waals surface area (Å²) in [7, 11) is -4.09. The van der Waals surface area contributed by atoms with Crippen molar-refractivity contribution < 1.29 is 66.3 Å². The molecule has 5 aliphatic heterocycles. The van der Waals surface area contributed by atoms with Gasteiger partial charge in [-0.15, -0.1) is 0 Å². The second-order valence-corrected chi connectivity index (χ2v) is 23.0. The molecule has 9 N–H and O–H groups in total. The highest BCUT2D eigenvalue weighted by atomic mass is 31.2. The van der Waals surface area contributed by atoms with Crippen LogP contribution in [0.4, 0.5) is 8.78 Å². The van der Waals surface area contributed by atoms with Gasteiger partial charge in [0.25, 0.3) is 11.8 Å². The highest BCUT2D eigenvalue weighted by molar-refractivity contribution is 7.52. The Morgan fingerprint density at radius 3 is 2.36 bits per heavy atom. The fourth-order valence-electron chi connectivity index (χ4n) is 11.7. The Balaban J connectivity index is 0.770. The van der Waals surface area contributed by atoms with E-state index in [0.717, 1.165) is 23.8 Å². The van der Waals surface area contributed by atoms with Gasteiger partial charge in [0, 0.05) is 90.5 Å². The number of aromatic nitrogens is 1. The predicted octanol–water partition coefficient (Wildman–Crippen LogP) is 1.67. The lowest BCUT2D eigenvalue weighted by Crippen LogP contribution is -2.61. The smallest absolute Gasteiger partial charge is 0.370 e. The van der Waals surface area contributed by atoms with Crippen molar-refractivity contribution in [3.8, 4) is 11.8 Å². The van der Waals surface area contributed by atoms with Crippen molar-refractivity contribution in [1.82, 2.24) is 45.9 Å². The largest absolute Gasteiger partial charge is 0.399 e. The summed E-state index contributed by atoms with van der Waals surface area (Å²) in [5, 5.41) is 10.9. The molecule has 2 aromatic carbocycles. The summed E-state index contributed by atoms with van der Waals surface area (Å²) >= 11 is 0. The van der Waals surface area contributed by atoms with Crippen LogP contribution in [0.5, 0.6) is 0 Å². The Kier molecular flexibility index (Phi) is 16.2. The number of rotatable bonds is 13. The van der Waals surface area contributed by atoms with Gasteiger partial charge >= 0.3 is 13.3 Å². The standard InChI is InChI=1S/C53H63F2N10O12P/c1-62-22-21-35-12-15-43(65(35)52(74)41(28-62)60-47(69)40-26-32-25-33(9-13-38(32)58-40)53(54,55)78(75,76)77)49(71)59-39(14-17-44(56)66)46(68)57-34-10-7-31(8-11-34)50(72)63-23-19-29(20-24-63)5-6-30-3-2-4-36-37(30)27-64(51(36)73)42-16-18-45(67)61-48(42)70/h2-4,9,13,25-26,29,31,34-35,39,41-43,58H,7-8,10-12,14-24,27-28H2,1H3,(H2,56,66)(H,57,68)(H,59,71)(H,60,69)(H,61,67,70)(H2,75,76,77)/t31?,34?,35-,39+,41+,42?,43+/m1/s1. The predicted molar refractivity (Wildman–Crippen MR) is 274 cm³/mol. The fourth-order valence-corrected chi connectivity index (χ4v) is 12.2. The Hall–Kier alpha value is -7.06. The monoisotopic (exact) mass is 1100 g/mol. The molecule has 9 amide bonds. The summed E-state index contributed by atoms with van der Waals surface area (Å²) in [5.74, 6) is 2.12. The van der Waals surface area contributed by atoms with Crippen LogP contribution in [0.25, 0.3) is 10.9 Å². The second kappa shape index (κ2) is 22.7. The molecule has 1 unspecified atom stereocenters. The van der Waals surface area contributed by atoms with Gasteiger partial charge in [0.1, 0.15) is 29.9 Å². The lowest BCUT2D eigenvalue weighted by Gasteiger charge is -2.38. The molecule has 22 nitrogen and oxygen atoms in total. The number of carbonyl (C=O) groups excluding carboxylic acids is 9.